The van der Waals surface area contributed by atoms with E-state index in [1.54, 1.807) is 17.5 Å². The third-order valence-electron chi connectivity index (χ3n) is 3.18. The Morgan fingerprint density at radius 1 is 1.30 bits per heavy atom. The lowest BCUT2D eigenvalue weighted by Gasteiger charge is -1.99. The SMILES string of the molecule is CC(=O)c1c[nH]c(C(=O)Nc2nc(-c3cccc(F)c3)cs2)c1. The maximum Gasteiger partial charge on any atom is 0.273 e. The Balaban J connectivity index is 1.75. The van der Waals surface area contributed by atoms with Gasteiger partial charge in [-0.05, 0) is 25.1 Å². The first kappa shape index (κ1) is 15.1. The summed E-state index contributed by atoms with van der Waals surface area (Å²) in [6, 6.07) is 7.57. The van der Waals surface area contributed by atoms with Crippen molar-refractivity contribution in [3.63, 3.8) is 0 Å². The van der Waals surface area contributed by atoms with Crippen molar-refractivity contribution >= 4 is 28.2 Å². The van der Waals surface area contributed by atoms with E-state index in [9.17, 15) is 14.0 Å². The third-order valence-corrected chi connectivity index (χ3v) is 3.94. The van der Waals surface area contributed by atoms with E-state index in [2.05, 4.69) is 15.3 Å². The van der Waals surface area contributed by atoms with Gasteiger partial charge in [0.1, 0.15) is 11.5 Å². The summed E-state index contributed by atoms with van der Waals surface area (Å²) in [5, 5.41) is 4.78. The van der Waals surface area contributed by atoms with Crippen LogP contribution in [0.15, 0.2) is 41.9 Å². The van der Waals surface area contributed by atoms with Crippen molar-refractivity contribution in [2.75, 3.05) is 5.32 Å². The fourth-order valence-corrected chi connectivity index (χ4v) is 2.72. The summed E-state index contributed by atoms with van der Waals surface area (Å²) in [5.74, 6) is -0.857. The van der Waals surface area contributed by atoms with Crippen molar-refractivity contribution < 1.29 is 14.0 Å². The minimum absolute atomic E-state index is 0.122. The van der Waals surface area contributed by atoms with Crippen LogP contribution in [0.2, 0.25) is 0 Å². The number of anilines is 1. The number of aromatic amines is 1. The monoisotopic (exact) mass is 329 g/mol. The second kappa shape index (κ2) is 6.13. The summed E-state index contributed by atoms with van der Waals surface area (Å²) in [7, 11) is 0. The summed E-state index contributed by atoms with van der Waals surface area (Å²) in [5.41, 5.74) is 1.94. The minimum atomic E-state index is -0.391. The van der Waals surface area contributed by atoms with Gasteiger partial charge in [-0.1, -0.05) is 12.1 Å². The largest absolute Gasteiger partial charge is 0.356 e. The molecule has 2 aromatic heterocycles. The van der Waals surface area contributed by atoms with Gasteiger partial charge in [-0.2, -0.15) is 0 Å². The van der Waals surface area contributed by atoms with E-state index >= 15 is 0 Å². The number of amides is 1. The lowest BCUT2D eigenvalue weighted by molar-refractivity contribution is 0.101. The van der Waals surface area contributed by atoms with Crippen LogP contribution in [0, 0.1) is 5.82 Å². The highest BCUT2D eigenvalue weighted by atomic mass is 32.1. The molecule has 0 aliphatic heterocycles. The lowest BCUT2D eigenvalue weighted by atomic mass is 10.2. The van der Waals surface area contributed by atoms with Crippen LogP contribution in [0.4, 0.5) is 9.52 Å². The number of rotatable bonds is 4. The average Bonchev–Trinajstić information content (AvgIpc) is 3.16. The first-order chi connectivity index (χ1) is 11.0. The molecule has 1 amide bonds. The van der Waals surface area contributed by atoms with E-state index in [1.165, 1.54) is 42.7 Å². The molecule has 0 unspecified atom stereocenters. The average molecular weight is 329 g/mol. The van der Waals surface area contributed by atoms with Gasteiger partial charge in [0.15, 0.2) is 10.9 Å². The molecule has 0 saturated carbocycles. The number of Topliss-reactive ketones (excluding diaryl/α,β-unsaturated/α-hetero) is 1. The molecule has 3 rings (SSSR count). The molecule has 0 spiro atoms. The maximum absolute atomic E-state index is 13.2. The molecule has 116 valence electrons. The van der Waals surface area contributed by atoms with Gasteiger partial charge < -0.3 is 4.98 Å². The van der Waals surface area contributed by atoms with E-state index in [4.69, 9.17) is 0 Å². The number of H-pyrrole nitrogens is 1. The van der Waals surface area contributed by atoms with Gasteiger partial charge in [-0.25, -0.2) is 9.37 Å². The van der Waals surface area contributed by atoms with Crippen molar-refractivity contribution in [1.82, 2.24) is 9.97 Å². The van der Waals surface area contributed by atoms with Gasteiger partial charge in [0.2, 0.25) is 0 Å². The Kier molecular flexibility index (Phi) is 4.03. The molecule has 5 nitrogen and oxygen atoms in total. The number of nitrogens with zero attached hydrogens (tertiary/aromatic N) is 1. The molecule has 0 fully saturated rings. The number of aromatic nitrogens is 2. The van der Waals surface area contributed by atoms with Crippen LogP contribution in [-0.4, -0.2) is 21.7 Å². The summed E-state index contributed by atoms with van der Waals surface area (Å²) in [4.78, 5) is 30.4. The molecule has 7 heteroatoms. The highest BCUT2D eigenvalue weighted by Gasteiger charge is 2.13. The second-order valence-corrected chi connectivity index (χ2v) is 5.72. The zero-order valence-corrected chi connectivity index (χ0v) is 12.9. The highest BCUT2D eigenvalue weighted by molar-refractivity contribution is 7.14. The Morgan fingerprint density at radius 2 is 2.13 bits per heavy atom. The van der Waals surface area contributed by atoms with E-state index in [-0.39, 0.29) is 17.3 Å². The van der Waals surface area contributed by atoms with Gasteiger partial charge in [-0.15, -0.1) is 11.3 Å². The normalized spacial score (nSPS) is 10.5. The highest BCUT2D eigenvalue weighted by Crippen LogP contribution is 2.25. The molecule has 0 bridgehead atoms. The first-order valence-electron chi connectivity index (χ1n) is 6.75. The Hall–Kier alpha value is -2.80. The molecule has 2 heterocycles. The van der Waals surface area contributed by atoms with Crippen molar-refractivity contribution in [1.29, 1.82) is 0 Å². The van der Waals surface area contributed by atoms with Gasteiger partial charge in [0, 0.05) is 22.7 Å². The molecule has 3 aromatic rings. The molecular weight excluding hydrogens is 317 g/mol. The zero-order chi connectivity index (χ0) is 16.4. The summed E-state index contributed by atoms with van der Waals surface area (Å²) < 4.78 is 13.2. The molecule has 1 aromatic carbocycles. The fourth-order valence-electron chi connectivity index (χ4n) is 2.00. The summed E-state index contributed by atoms with van der Waals surface area (Å²) >= 11 is 1.24. The molecule has 0 aliphatic carbocycles. The van der Waals surface area contributed by atoms with Crippen LogP contribution in [0.3, 0.4) is 0 Å². The van der Waals surface area contributed by atoms with Crippen molar-refractivity contribution in [2.45, 2.75) is 6.92 Å². The number of ketones is 1. The number of nitrogens with one attached hydrogen (secondary N) is 2. The predicted molar refractivity (Wildman–Crippen MR) is 86.3 cm³/mol. The maximum atomic E-state index is 13.2. The van der Waals surface area contributed by atoms with Crippen molar-refractivity contribution in [2.24, 2.45) is 0 Å². The molecule has 0 saturated heterocycles. The third kappa shape index (κ3) is 3.35. The minimum Gasteiger partial charge on any atom is -0.356 e. The molecule has 2 N–H and O–H groups in total. The van der Waals surface area contributed by atoms with Crippen molar-refractivity contribution in [3.05, 3.63) is 59.0 Å². The lowest BCUT2D eigenvalue weighted by Crippen LogP contribution is -2.12. The van der Waals surface area contributed by atoms with Gasteiger partial charge in [0.05, 0.1) is 5.69 Å². The van der Waals surface area contributed by atoms with Gasteiger partial charge in [0.25, 0.3) is 5.91 Å². The Labute approximate surface area is 135 Å². The van der Waals surface area contributed by atoms with E-state index in [1.807, 2.05) is 0 Å². The van der Waals surface area contributed by atoms with Crippen LogP contribution < -0.4 is 5.32 Å². The Bertz CT molecular complexity index is 885. The molecule has 0 atom stereocenters. The number of carbonyl (C=O) groups excluding carboxylic acids is 2. The smallest absolute Gasteiger partial charge is 0.273 e. The standard InChI is InChI=1S/C16H12FN3O2S/c1-9(21)11-6-13(18-7-11)15(22)20-16-19-14(8-23-16)10-3-2-4-12(17)5-10/h2-8,18H,1H3,(H,19,20,22). The van der Waals surface area contributed by atoms with E-state index in [0.717, 1.165) is 0 Å². The number of benzene rings is 1. The van der Waals surface area contributed by atoms with Crippen LogP contribution in [0.1, 0.15) is 27.8 Å². The Morgan fingerprint density at radius 3 is 2.83 bits per heavy atom. The quantitative estimate of drug-likeness (QED) is 0.716. The van der Waals surface area contributed by atoms with Gasteiger partial charge in [-0.3, -0.25) is 14.9 Å². The van der Waals surface area contributed by atoms with Crippen LogP contribution >= 0.6 is 11.3 Å². The first-order valence-corrected chi connectivity index (χ1v) is 7.63. The molecule has 23 heavy (non-hydrogen) atoms. The number of carbonyl (C=O) groups is 2. The van der Waals surface area contributed by atoms with Crippen LogP contribution in [-0.2, 0) is 0 Å². The molecule has 0 radical (unpaired) electrons. The topological polar surface area (TPSA) is 74.8 Å². The fraction of sp³-hybridized carbons (Fsp3) is 0.0625. The van der Waals surface area contributed by atoms with E-state index < -0.39 is 5.91 Å². The van der Waals surface area contributed by atoms with Crippen LogP contribution in [0.25, 0.3) is 11.3 Å². The zero-order valence-electron chi connectivity index (χ0n) is 12.1. The number of halogens is 1. The van der Waals surface area contributed by atoms with E-state index in [0.29, 0.717) is 22.0 Å². The number of thiazole rings is 1. The summed E-state index contributed by atoms with van der Waals surface area (Å²) in [6.07, 6.45) is 1.48. The second-order valence-electron chi connectivity index (χ2n) is 4.86. The van der Waals surface area contributed by atoms with Gasteiger partial charge >= 0.3 is 0 Å². The van der Waals surface area contributed by atoms with Crippen LogP contribution in [0.5, 0.6) is 0 Å². The summed E-state index contributed by atoms with van der Waals surface area (Å²) in [6.45, 7) is 1.43. The number of hydrogen-bond acceptors (Lipinski definition) is 4. The molecule has 0 aliphatic rings. The predicted octanol–water partition coefficient (Wildman–Crippen LogP) is 3.73. The van der Waals surface area contributed by atoms with Crippen molar-refractivity contribution in [3.8, 4) is 11.3 Å². The number of hydrogen-bond donors (Lipinski definition) is 2. The molecular formula is C16H12FN3O2S.